The molecule has 3 rings (SSSR count). The van der Waals surface area contributed by atoms with Crippen molar-refractivity contribution in [2.75, 3.05) is 16.0 Å². The first kappa shape index (κ1) is 14.9. The van der Waals surface area contributed by atoms with Gasteiger partial charge in [-0.25, -0.2) is 9.59 Å². The van der Waals surface area contributed by atoms with E-state index in [2.05, 4.69) is 21.3 Å². The second-order valence-electron chi connectivity index (χ2n) is 5.40. The van der Waals surface area contributed by atoms with Crippen molar-refractivity contribution in [1.82, 2.24) is 5.32 Å². The molecule has 1 aliphatic carbocycles. The third kappa shape index (κ3) is 4.74. The maximum Gasteiger partial charge on any atom is 0.323 e. The highest BCUT2D eigenvalue weighted by Gasteiger charge is 2.23. The van der Waals surface area contributed by atoms with Gasteiger partial charge in [-0.2, -0.15) is 0 Å². The summed E-state index contributed by atoms with van der Waals surface area (Å²) in [5, 5.41) is 11.1. The Balaban J connectivity index is 1.56. The molecule has 1 saturated carbocycles. The van der Waals surface area contributed by atoms with Gasteiger partial charge >= 0.3 is 12.1 Å². The Labute approximate surface area is 134 Å². The molecule has 0 unspecified atom stereocenters. The molecule has 0 atom stereocenters. The predicted molar refractivity (Wildman–Crippen MR) is 90.7 cm³/mol. The molecule has 1 aliphatic rings. The highest BCUT2D eigenvalue weighted by Crippen LogP contribution is 2.19. The van der Waals surface area contributed by atoms with Crippen molar-refractivity contribution < 1.29 is 9.59 Å². The number of rotatable bonds is 4. The molecule has 6 nitrogen and oxygen atoms in total. The van der Waals surface area contributed by atoms with Gasteiger partial charge in [0.1, 0.15) is 0 Å². The Morgan fingerprint density at radius 1 is 0.739 bits per heavy atom. The summed E-state index contributed by atoms with van der Waals surface area (Å²) in [5.41, 5.74) is 1.94. The number of amides is 4. The molecule has 4 amide bonds. The summed E-state index contributed by atoms with van der Waals surface area (Å²) in [7, 11) is 0. The number of hydrogen-bond acceptors (Lipinski definition) is 2. The fourth-order valence-corrected chi connectivity index (χ4v) is 2.07. The molecule has 23 heavy (non-hydrogen) atoms. The molecule has 6 heteroatoms. The smallest absolute Gasteiger partial charge is 0.323 e. The lowest BCUT2D eigenvalue weighted by molar-refractivity contribution is 0.251. The van der Waals surface area contributed by atoms with Crippen LogP contribution in [0.2, 0.25) is 0 Å². The zero-order valence-electron chi connectivity index (χ0n) is 12.5. The van der Waals surface area contributed by atoms with Gasteiger partial charge in [-0.05, 0) is 43.2 Å². The van der Waals surface area contributed by atoms with Gasteiger partial charge in [-0.3, -0.25) is 0 Å². The highest BCUT2D eigenvalue weighted by molar-refractivity contribution is 6.00. The standard InChI is InChI=1S/C17H18N4O2/c22-16(18-12-5-2-1-3-6-12)20-14-7-4-8-15(11-14)21-17(23)19-13-9-10-13/h1-8,11,13H,9-10H2,(H2,18,20,22)(H2,19,21,23). The molecular formula is C17H18N4O2. The van der Waals surface area contributed by atoms with Gasteiger partial charge in [0, 0.05) is 23.1 Å². The van der Waals surface area contributed by atoms with Crippen molar-refractivity contribution in [3.8, 4) is 0 Å². The second kappa shape index (κ2) is 6.83. The Morgan fingerprint density at radius 3 is 1.96 bits per heavy atom. The lowest BCUT2D eigenvalue weighted by Crippen LogP contribution is -2.30. The summed E-state index contributed by atoms with van der Waals surface area (Å²) in [6.07, 6.45) is 2.07. The zero-order valence-corrected chi connectivity index (χ0v) is 12.5. The second-order valence-corrected chi connectivity index (χ2v) is 5.40. The SMILES string of the molecule is O=C(Nc1ccccc1)Nc1cccc(NC(=O)NC2CC2)c1. The number of urea groups is 2. The Bertz CT molecular complexity index is 699. The lowest BCUT2D eigenvalue weighted by atomic mass is 10.3. The fourth-order valence-electron chi connectivity index (χ4n) is 2.07. The third-order valence-corrected chi connectivity index (χ3v) is 3.32. The quantitative estimate of drug-likeness (QED) is 0.695. The summed E-state index contributed by atoms with van der Waals surface area (Å²) in [6, 6.07) is 15.9. The van der Waals surface area contributed by atoms with Crippen LogP contribution in [0.5, 0.6) is 0 Å². The number of benzene rings is 2. The highest BCUT2D eigenvalue weighted by atomic mass is 16.2. The number of carbonyl (C=O) groups excluding carboxylic acids is 2. The number of hydrogen-bond donors (Lipinski definition) is 4. The summed E-state index contributed by atoms with van der Waals surface area (Å²) < 4.78 is 0. The van der Waals surface area contributed by atoms with Crippen molar-refractivity contribution in [3.05, 3.63) is 54.6 Å². The van der Waals surface area contributed by atoms with E-state index in [1.807, 2.05) is 18.2 Å². The topological polar surface area (TPSA) is 82.3 Å². The predicted octanol–water partition coefficient (Wildman–Crippen LogP) is 3.61. The van der Waals surface area contributed by atoms with E-state index in [0.717, 1.165) is 12.8 Å². The lowest BCUT2D eigenvalue weighted by Gasteiger charge is -2.10. The van der Waals surface area contributed by atoms with Crippen LogP contribution in [-0.4, -0.2) is 18.1 Å². The average molecular weight is 310 g/mol. The maximum atomic E-state index is 11.9. The molecule has 1 fully saturated rings. The van der Waals surface area contributed by atoms with E-state index in [-0.39, 0.29) is 12.1 Å². The molecule has 0 aromatic heterocycles. The van der Waals surface area contributed by atoms with E-state index in [9.17, 15) is 9.59 Å². The van der Waals surface area contributed by atoms with E-state index in [4.69, 9.17) is 0 Å². The van der Waals surface area contributed by atoms with Gasteiger partial charge in [0.25, 0.3) is 0 Å². The summed E-state index contributed by atoms with van der Waals surface area (Å²) in [6.45, 7) is 0. The van der Waals surface area contributed by atoms with Gasteiger partial charge in [0.2, 0.25) is 0 Å². The number of carbonyl (C=O) groups is 2. The van der Waals surface area contributed by atoms with Crippen molar-refractivity contribution in [3.63, 3.8) is 0 Å². The molecule has 118 valence electrons. The Kier molecular flexibility index (Phi) is 4.42. The first-order chi connectivity index (χ1) is 11.2. The van der Waals surface area contributed by atoms with E-state index in [0.29, 0.717) is 23.1 Å². The molecule has 0 heterocycles. The molecule has 0 saturated heterocycles. The van der Waals surface area contributed by atoms with Gasteiger partial charge in [0.05, 0.1) is 0 Å². The van der Waals surface area contributed by atoms with E-state index >= 15 is 0 Å². The van der Waals surface area contributed by atoms with Crippen molar-refractivity contribution >= 4 is 29.1 Å². The molecule has 0 bridgehead atoms. The van der Waals surface area contributed by atoms with Crippen LogP contribution >= 0.6 is 0 Å². The fraction of sp³-hybridized carbons (Fsp3) is 0.176. The normalized spacial score (nSPS) is 13.0. The van der Waals surface area contributed by atoms with Gasteiger partial charge < -0.3 is 21.3 Å². The maximum absolute atomic E-state index is 11.9. The minimum absolute atomic E-state index is 0.224. The van der Waals surface area contributed by atoms with Crippen LogP contribution in [0, 0.1) is 0 Å². The molecule has 0 radical (unpaired) electrons. The molecule has 2 aromatic rings. The van der Waals surface area contributed by atoms with Crippen molar-refractivity contribution in [2.24, 2.45) is 0 Å². The van der Waals surface area contributed by atoms with Crippen LogP contribution < -0.4 is 21.3 Å². The van der Waals surface area contributed by atoms with Crippen LogP contribution in [0.15, 0.2) is 54.6 Å². The van der Waals surface area contributed by atoms with Crippen LogP contribution in [0.25, 0.3) is 0 Å². The molecule has 0 aliphatic heterocycles. The Hall–Kier alpha value is -3.02. The van der Waals surface area contributed by atoms with E-state index in [1.54, 1.807) is 36.4 Å². The Morgan fingerprint density at radius 2 is 1.30 bits per heavy atom. The van der Waals surface area contributed by atoms with Crippen LogP contribution in [0.1, 0.15) is 12.8 Å². The first-order valence-electron chi connectivity index (χ1n) is 7.50. The summed E-state index contributed by atoms with van der Waals surface area (Å²) in [5.74, 6) is 0. The molecule has 2 aromatic carbocycles. The minimum Gasteiger partial charge on any atom is -0.335 e. The molecular weight excluding hydrogens is 292 g/mol. The summed E-state index contributed by atoms with van der Waals surface area (Å²) >= 11 is 0. The molecule has 4 N–H and O–H groups in total. The summed E-state index contributed by atoms with van der Waals surface area (Å²) in [4.78, 5) is 23.7. The van der Waals surface area contributed by atoms with Crippen molar-refractivity contribution in [2.45, 2.75) is 18.9 Å². The number of para-hydroxylation sites is 1. The van der Waals surface area contributed by atoms with Crippen LogP contribution in [-0.2, 0) is 0 Å². The van der Waals surface area contributed by atoms with Crippen LogP contribution in [0.4, 0.5) is 26.7 Å². The van der Waals surface area contributed by atoms with Crippen LogP contribution in [0.3, 0.4) is 0 Å². The zero-order chi connectivity index (χ0) is 16.1. The minimum atomic E-state index is -0.337. The monoisotopic (exact) mass is 310 g/mol. The van der Waals surface area contributed by atoms with E-state index < -0.39 is 0 Å². The van der Waals surface area contributed by atoms with E-state index in [1.165, 1.54) is 0 Å². The molecule has 0 spiro atoms. The van der Waals surface area contributed by atoms with Gasteiger partial charge in [-0.1, -0.05) is 24.3 Å². The number of anilines is 3. The average Bonchev–Trinajstić information content (AvgIpc) is 3.32. The third-order valence-electron chi connectivity index (χ3n) is 3.32. The number of nitrogens with one attached hydrogen (secondary N) is 4. The van der Waals surface area contributed by atoms with Crippen molar-refractivity contribution in [1.29, 1.82) is 0 Å². The largest absolute Gasteiger partial charge is 0.335 e. The van der Waals surface area contributed by atoms with Gasteiger partial charge in [0.15, 0.2) is 0 Å². The first-order valence-corrected chi connectivity index (χ1v) is 7.50. The van der Waals surface area contributed by atoms with Gasteiger partial charge in [-0.15, -0.1) is 0 Å².